The standard InChI is InChI=1S/C10H8ClN5O/c1-2-10(17)13-9-5-7(3-4-8(9)11)16-6-12-14-15-16/h2-6H,1H2,(H,13,17). The van der Waals surface area contributed by atoms with Crippen molar-refractivity contribution in [3.63, 3.8) is 0 Å². The number of nitrogens with zero attached hydrogens (tertiary/aromatic N) is 4. The molecule has 0 unspecified atom stereocenters. The molecule has 0 aliphatic carbocycles. The van der Waals surface area contributed by atoms with Gasteiger partial charge in [-0.25, -0.2) is 4.68 Å². The molecule has 1 aromatic carbocycles. The molecule has 0 fully saturated rings. The summed E-state index contributed by atoms with van der Waals surface area (Å²) < 4.78 is 1.46. The van der Waals surface area contributed by atoms with Gasteiger partial charge in [0.1, 0.15) is 6.33 Å². The molecule has 17 heavy (non-hydrogen) atoms. The first-order chi connectivity index (χ1) is 8.20. The number of anilines is 1. The van der Waals surface area contributed by atoms with Crippen molar-refractivity contribution in [1.82, 2.24) is 20.2 Å². The van der Waals surface area contributed by atoms with E-state index in [1.54, 1.807) is 18.2 Å². The summed E-state index contributed by atoms with van der Waals surface area (Å²) in [4.78, 5) is 11.2. The number of carbonyl (C=O) groups excluding carboxylic acids is 1. The van der Waals surface area contributed by atoms with Gasteiger partial charge in [0.25, 0.3) is 0 Å². The van der Waals surface area contributed by atoms with E-state index in [0.29, 0.717) is 16.4 Å². The Bertz CT molecular complexity index is 552. The first-order valence-electron chi connectivity index (χ1n) is 4.67. The van der Waals surface area contributed by atoms with Crippen molar-refractivity contribution in [3.8, 4) is 5.69 Å². The number of rotatable bonds is 3. The summed E-state index contributed by atoms with van der Waals surface area (Å²) in [6.45, 7) is 3.37. The number of amides is 1. The lowest BCUT2D eigenvalue weighted by Crippen LogP contribution is -2.08. The molecular weight excluding hydrogens is 242 g/mol. The maximum atomic E-state index is 11.2. The van der Waals surface area contributed by atoms with Gasteiger partial charge in [0.05, 0.1) is 16.4 Å². The van der Waals surface area contributed by atoms with Gasteiger partial charge in [-0.3, -0.25) is 4.79 Å². The van der Waals surface area contributed by atoms with Crippen LogP contribution in [0.1, 0.15) is 0 Å². The third-order valence-electron chi connectivity index (χ3n) is 2.01. The minimum absolute atomic E-state index is 0.333. The van der Waals surface area contributed by atoms with Gasteiger partial charge in [-0.1, -0.05) is 18.2 Å². The van der Waals surface area contributed by atoms with Crippen LogP contribution in [0.25, 0.3) is 5.69 Å². The van der Waals surface area contributed by atoms with Crippen LogP contribution < -0.4 is 5.32 Å². The minimum Gasteiger partial charge on any atom is -0.321 e. The average molecular weight is 250 g/mol. The fourth-order valence-electron chi connectivity index (χ4n) is 1.21. The largest absolute Gasteiger partial charge is 0.321 e. The number of tetrazole rings is 1. The summed E-state index contributed by atoms with van der Waals surface area (Å²) in [6.07, 6.45) is 2.61. The van der Waals surface area contributed by atoms with Gasteiger partial charge in [-0.05, 0) is 34.7 Å². The van der Waals surface area contributed by atoms with E-state index in [0.717, 1.165) is 0 Å². The predicted molar refractivity (Wildman–Crippen MR) is 63.0 cm³/mol. The predicted octanol–water partition coefficient (Wildman–Crippen LogP) is 1.44. The molecule has 1 N–H and O–H groups in total. The Balaban J connectivity index is 2.36. The summed E-state index contributed by atoms with van der Waals surface area (Å²) in [7, 11) is 0. The fraction of sp³-hybridized carbons (Fsp3) is 0. The molecule has 0 aliphatic heterocycles. The molecule has 6 nitrogen and oxygen atoms in total. The van der Waals surface area contributed by atoms with Crippen LogP contribution in [0.3, 0.4) is 0 Å². The highest BCUT2D eigenvalue weighted by molar-refractivity contribution is 6.33. The smallest absolute Gasteiger partial charge is 0.247 e. The zero-order valence-corrected chi connectivity index (χ0v) is 9.42. The van der Waals surface area contributed by atoms with E-state index in [9.17, 15) is 4.79 Å². The highest BCUT2D eigenvalue weighted by atomic mass is 35.5. The van der Waals surface area contributed by atoms with E-state index in [1.807, 2.05) is 0 Å². The molecule has 0 bridgehead atoms. The molecule has 0 radical (unpaired) electrons. The number of benzene rings is 1. The Morgan fingerprint density at radius 3 is 3.00 bits per heavy atom. The van der Waals surface area contributed by atoms with Gasteiger partial charge >= 0.3 is 0 Å². The molecule has 0 saturated heterocycles. The summed E-state index contributed by atoms with van der Waals surface area (Å²) in [6, 6.07) is 5.06. The normalized spacial score (nSPS) is 9.94. The molecule has 0 atom stereocenters. The van der Waals surface area contributed by atoms with E-state index in [2.05, 4.69) is 27.4 Å². The highest BCUT2D eigenvalue weighted by Crippen LogP contribution is 2.24. The Hall–Kier alpha value is -2.21. The SMILES string of the molecule is C=CC(=O)Nc1cc(-n2cnnn2)ccc1Cl. The second kappa shape index (κ2) is 4.75. The Kier molecular flexibility index (Phi) is 3.15. The van der Waals surface area contributed by atoms with E-state index in [-0.39, 0.29) is 5.91 Å². The summed E-state index contributed by atoms with van der Waals surface area (Å²) in [5.41, 5.74) is 1.17. The van der Waals surface area contributed by atoms with Crippen LogP contribution >= 0.6 is 11.6 Å². The summed E-state index contributed by atoms with van der Waals surface area (Å²) in [5, 5.41) is 13.8. The third-order valence-corrected chi connectivity index (χ3v) is 2.34. The van der Waals surface area contributed by atoms with Crippen molar-refractivity contribution < 1.29 is 4.79 Å². The van der Waals surface area contributed by atoms with Gasteiger partial charge in [0.15, 0.2) is 0 Å². The number of aromatic nitrogens is 4. The lowest BCUT2D eigenvalue weighted by molar-refractivity contribution is -0.111. The first-order valence-corrected chi connectivity index (χ1v) is 5.05. The number of hydrogen-bond donors (Lipinski definition) is 1. The van der Waals surface area contributed by atoms with Crippen molar-refractivity contribution in [2.75, 3.05) is 5.32 Å². The number of halogens is 1. The average Bonchev–Trinajstić information content (AvgIpc) is 2.85. The second-order valence-electron chi connectivity index (χ2n) is 3.11. The summed E-state index contributed by atoms with van der Waals surface area (Å²) >= 11 is 5.95. The van der Waals surface area contributed by atoms with Crippen molar-refractivity contribution in [3.05, 3.63) is 42.2 Å². The first kappa shape index (κ1) is 11.3. The van der Waals surface area contributed by atoms with Gasteiger partial charge < -0.3 is 5.32 Å². The van der Waals surface area contributed by atoms with Crippen LogP contribution in [0, 0.1) is 0 Å². The lowest BCUT2D eigenvalue weighted by Gasteiger charge is -2.07. The van der Waals surface area contributed by atoms with Gasteiger partial charge in [-0.15, -0.1) is 5.10 Å². The van der Waals surface area contributed by atoms with Crippen molar-refractivity contribution in [2.24, 2.45) is 0 Å². The Labute approximate surface area is 102 Å². The van der Waals surface area contributed by atoms with E-state index in [1.165, 1.54) is 17.1 Å². The molecule has 2 rings (SSSR count). The van der Waals surface area contributed by atoms with Gasteiger partial charge in [-0.2, -0.15) is 0 Å². The van der Waals surface area contributed by atoms with Crippen molar-refractivity contribution >= 4 is 23.2 Å². The molecule has 0 saturated carbocycles. The Morgan fingerprint density at radius 1 is 1.53 bits per heavy atom. The van der Waals surface area contributed by atoms with Crippen LogP contribution in [0.4, 0.5) is 5.69 Å². The second-order valence-corrected chi connectivity index (χ2v) is 3.52. The number of hydrogen-bond acceptors (Lipinski definition) is 4. The monoisotopic (exact) mass is 249 g/mol. The van der Waals surface area contributed by atoms with Crippen LogP contribution in [0.2, 0.25) is 5.02 Å². The fourth-order valence-corrected chi connectivity index (χ4v) is 1.38. The highest BCUT2D eigenvalue weighted by Gasteiger charge is 2.06. The molecule has 7 heteroatoms. The quantitative estimate of drug-likeness (QED) is 0.836. The zero-order chi connectivity index (χ0) is 12.3. The van der Waals surface area contributed by atoms with E-state index in [4.69, 9.17) is 11.6 Å². The van der Waals surface area contributed by atoms with E-state index >= 15 is 0 Å². The van der Waals surface area contributed by atoms with Gasteiger partial charge in [0.2, 0.25) is 5.91 Å². The molecule has 1 heterocycles. The minimum atomic E-state index is -0.333. The molecule has 2 aromatic rings. The number of carbonyl (C=O) groups is 1. The van der Waals surface area contributed by atoms with E-state index < -0.39 is 0 Å². The zero-order valence-electron chi connectivity index (χ0n) is 8.67. The summed E-state index contributed by atoms with van der Waals surface area (Å²) in [5.74, 6) is -0.333. The molecule has 0 aliphatic rings. The Morgan fingerprint density at radius 2 is 2.35 bits per heavy atom. The van der Waals surface area contributed by atoms with Gasteiger partial charge in [0, 0.05) is 0 Å². The van der Waals surface area contributed by atoms with Crippen molar-refractivity contribution in [1.29, 1.82) is 0 Å². The lowest BCUT2D eigenvalue weighted by atomic mass is 10.2. The topological polar surface area (TPSA) is 72.7 Å². The molecule has 86 valence electrons. The van der Waals surface area contributed by atoms with Crippen LogP contribution in [0.15, 0.2) is 37.2 Å². The van der Waals surface area contributed by atoms with Crippen LogP contribution in [-0.2, 0) is 4.79 Å². The number of nitrogens with one attached hydrogen (secondary N) is 1. The molecule has 0 spiro atoms. The van der Waals surface area contributed by atoms with Crippen LogP contribution in [-0.4, -0.2) is 26.1 Å². The maximum absolute atomic E-state index is 11.2. The van der Waals surface area contributed by atoms with Crippen LogP contribution in [0.5, 0.6) is 0 Å². The molecule has 1 aromatic heterocycles. The maximum Gasteiger partial charge on any atom is 0.247 e. The molecule has 1 amide bonds. The van der Waals surface area contributed by atoms with Crippen molar-refractivity contribution in [2.45, 2.75) is 0 Å². The third kappa shape index (κ3) is 2.48. The molecular formula is C10H8ClN5O.